The molecule has 0 amide bonds. The Hall–Kier alpha value is -1.39. The summed E-state index contributed by atoms with van der Waals surface area (Å²) in [4.78, 5) is 14.5. The van der Waals surface area contributed by atoms with Gasteiger partial charge in [-0.2, -0.15) is 0 Å². The van der Waals surface area contributed by atoms with E-state index in [0.717, 1.165) is 31.7 Å². The molecule has 4 heteroatoms. The van der Waals surface area contributed by atoms with Gasteiger partial charge in [-0.25, -0.2) is 0 Å². The summed E-state index contributed by atoms with van der Waals surface area (Å²) in [6.07, 6.45) is 0. The molecule has 0 radical (unpaired) electrons. The first kappa shape index (κ1) is 15.0. The maximum absolute atomic E-state index is 12.4. The van der Waals surface area contributed by atoms with Crippen LogP contribution in [-0.2, 0) is 5.41 Å². The van der Waals surface area contributed by atoms with Gasteiger partial charge in [-0.1, -0.05) is 20.8 Å². The van der Waals surface area contributed by atoms with E-state index >= 15 is 0 Å². The van der Waals surface area contributed by atoms with Gasteiger partial charge in [0.05, 0.1) is 6.54 Å². The topological polar surface area (TPSA) is 52.6 Å². The molecule has 0 spiro atoms. The molecule has 0 unspecified atom stereocenters. The fraction of sp³-hybridized carbons (Fsp3) is 0.562. The Morgan fingerprint density at radius 3 is 2.55 bits per heavy atom. The van der Waals surface area contributed by atoms with Crippen molar-refractivity contribution in [3.8, 4) is 5.75 Å². The Balaban J connectivity index is 2.13. The van der Waals surface area contributed by atoms with Gasteiger partial charge in [-0.05, 0) is 29.2 Å². The monoisotopic (exact) mass is 276 g/mol. The van der Waals surface area contributed by atoms with Crippen molar-refractivity contribution in [2.45, 2.75) is 26.2 Å². The predicted molar refractivity (Wildman–Crippen MR) is 80.4 cm³/mol. The van der Waals surface area contributed by atoms with Gasteiger partial charge in [0.25, 0.3) is 0 Å². The molecule has 0 bridgehead atoms. The third kappa shape index (κ3) is 3.58. The van der Waals surface area contributed by atoms with E-state index in [9.17, 15) is 9.90 Å². The second-order valence-electron chi connectivity index (χ2n) is 6.43. The van der Waals surface area contributed by atoms with Crippen LogP contribution in [0.2, 0.25) is 0 Å². The predicted octanol–water partition coefficient (Wildman–Crippen LogP) is 1.78. The SMILES string of the molecule is CC(C)(C)c1cc(C(=O)CN2CCNCC2)ccc1O. The fourth-order valence-electron chi connectivity index (χ4n) is 2.47. The van der Waals surface area contributed by atoms with Crippen molar-refractivity contribution in [3.63, 3.8) is 0 Å². The van der Waals surface area contributed by atoms with Crippen molar-refractivity contribution in [3.05, 3.63) is 29.3 Å². The molecule has 110 valence electrons. The average Bonchev–Trinajstić information content (AvgIpc) is 2.39. The van der Waals surface area contributed by atoms with E-state index in [1.807, 2.05) is 26.8 Å². The Kier molecular flexibility index (Phi) is 4.45. The number of ketones is 1. The lowest BCUT2D eigenvalue weighted by molar-refractivity contribution is 0.0921. The molecule has 1 saturated heterocycles. The third-order valence-electron chi connectivity index (χ3n) is 3.70. The van der Waals surface area contributed by atoms with Crippen LogP contribution < -0.4 is 5.32 Å². The second-order valence-corrected chi connectivity index (χ2v) is 6.43. The lowest BCUT2D eigenvalue weighted by atomic mass is 9.85. The second kappa shape index (κ2) is 5.94. The Morgan fingerprint density at radius 1 is 1.30 bits per heavy atom. The first-order chi connectivity index (χ1) is 9.38. The molecule has 0 aliphatic carbocycles. The normalized spacial score (nSPS) is 17.1. The van der Waals surface area contributed by atoms with Crippen molar-refractivity contribution in [2.24, 2.45) is 0 Å². The number of aromatic hydroxyl groups is 1. The Bertz CT molecular complexity index is 486. The fourth-order valence-corrected chi connectivity index (χ4v) is 2.47. The maximum Gasteiger partial charge on any atom is 0.176 e. The van der Waals surface area contributed by atoms with Crippen LogP contribution in [0.4, 0.5) is 0 Å². The van der Waals surface area contributed by atoms with Crippen molar-refractivity contribution in [1.29, 1.82) is 0 Å². The summed E-state index contributed by atoms with van der Waals surface area (Å²) in [6, 6.07) is 5.18. The summed E-state index contributed by atoms with van der Waals surface area (Å²) in [5.74, 6) is 0.383. The molecule has 2 N–H and O–H groups in total. The van der Waals surface area contributed by atoms with E-state index in [1.165, 1.54) is 0 Å². The highest BCUT2D eigenvalue weighted by Crippen LogP contribution is 2.31. The first-order valence-electron chi connectivity index (χ1n) is 7.18. The molecule has 0 aromatic heterocycles. The Labute approximate surface area is 120 Å². The number of nitrogens with zero attached hydrogens (tertiary/aromatic N) is 1. The number of carbonyl (C=O) groups excluding carboxylic acids is 1. The smallest absolute Gasteiger partial charge is 0.176 e. The van der Waals surface area contributed by atoms with Gasteiger partial charge in [-0.15, -0.1) is 0 Å². The number of hydrogen-bond acceptors (Lipinski definition) is 4. The van der Waals surface area contributed by atoms with Gasteiger partial charge in [0, 0.05) is 31.7 Å². The summed E-state index contributed by atoms with van der Waals surface area (Å²) in [6.45, 7) is 10.3. The number of piperazine rings is 1. The molecule has 1 heterocycles. The maximum atomic E-state index is 12.4. The average molecular weight is 276 g/mol. The highest BCUT2D eigenvalue weighted by Gasteiger charge is 2.21. The minimum absolute atomic E-state index is 0.123. The van der Waals surface area contributed by atoms with Crippen LogP contribution in [-0.4, -0.2) is 48.5 Å². The van der Waals surface area contributed by atoms with E-state index in [2.05, 4.69) is 10.2 Å². The van der Waals surface area contributed by atoms with Crippen LogP contribution in [0.1, 0.15) is 36.7 Å². The molecule has 1 aliphatic rings. The van der Waals surface area contributed by atoms with Crippen molar-refractivity contribution < 1.29 is 9.90 Å². The van der Waals surface area contributed by atoms with Gasteiger partial charge >= 0.3 is 0 Å². The van der Waals surface area contributed by atoms with Crippen LogP contribution in [0, 0.1) is 0 Å². The summed E-state index contributed by atoms with van der Waals surface area (Å²) in [5.41, 5.74) is 1.34. The van der Waals surface area contributed by atoms with Crippen molar-refractivity contribution in [2.75, 3.05) is 32.7 Å². The largest absolute Gasteiger partial charge is 0.508 e. The van der Waals surface area contributed by atoms with Crippen LogP contribution in [0.25, 0.3) is 0 Å². The third-order valence-corrected chi connectivity index (χ3v) is 3.70. The molecule has 2 rings (SSSR count). The van der Waals surface area contributed by atoms with E-state index < -0.39 is 0 Å². The minimum atomic E-state index is -0.171. The van der Waals surface area contributed by atoms with Crippen LogP contribution in [0.15, 0.2) is 18.2 Å². The highest BCUT2D eigenvalue weighted by molar-refractivity contribution is 5.98. The van der Waals surface area contributed by atoms with Gasteiger partial charge < -0.3 is 10.4 Å². The van der Waals surface area contributed by atoms with Gasteiger partial charge in [0.15, 0.2) is 5.78 Å². The van der Waals surface area contributed by atoms with Crippen LogP contribution >= 0.6 is 0 Å². The Morgan fingerprint density at radius 2 is 1.95 bits per heavy atom. The van der Waals surface area contributed by atoms with Gasteiger partial charge in [0.1, 0.15) is 5.75 Å². The zero-order chi connectivity index (χ0) is 14.8. The van der Waals surface area contributed by atoms with E-state index in [-0.39, 0.29) is 16.9 Å². The van der Waals surface area contributed by atoms with Crippen molar-refractivity contribution >= 4 is 5.78 Å². The standard InChI is InChI=1S/C16H24N2O2/c1-16(2,3)13-10-12(4-5-14(13)19)15(20)11-18-8-6-17-7-9-18/h4-5,10,17,19H,6-9,11H2,1-3H3. The van der Waals surface area contributed by atoms with Gasteiger partial charge in [-0.3, -0.25) is 9.69 Å². The van der Waals surface area contributed by atoms with E-state index in [4.69, 9.17) is 0 Å². The molecule has 0 saturated carbocycles. The van der Waals surface area contributed by atoms with Crippen LogP contribution in [0.3, 0.4) is 0 Å². The number of carbonyl (C=O) groups is 1. The van der Waals surface area contributed by atoms with Crippen LogP contribution in [0.5, 0.6) is 5.75 Å². The number of nitrogens with one attached hydrogen (secondary N) is 1. The number of benzene rings is 1. The molecule has 1 fully saturated rings. The molecular weight excluding hydrogens is 252 g/mol. The molecule has 20 heavy (non-hydrogen) atoms. The first-order valence-corrected chi connectivity index (χ1v) is 7.18. The van der Waals surface area contributed by atoms with Gasteiger partial charge in [0.2, 0.25) is 0 Å². The number of Topliss-reactive ketones (excluding diaryl/α,β-unsaturated/α-hetero) is 1. The molecule has 4 nitrogen and oxygen atoms in total. The lowest BCUT2D eigenvalue weighted by Crippen LogP contribution is -2.45. The molecule has 1 aromatic rings. The van der Waals surface area contributed by atoms with E-state index in [0.29, 0.717) is 12.1 Å². The molecule has 1 aromatic carbocycles. The minimum Gasteiger partial charge on any atom is -0.508 e. The summed E-state index contributed by atoms with van der Waals surface area (Å²) in [7, 11) is 0. The number of phenolic OH excluding ortho intramolecular Hbond substituents is 1. The number of rotatable bonds is 3. The van der Waals surface area contributed by atoms with Crippen molar-refractivity contribution in [1.82, 2.24) is 10.2 Å². The summed E-state index contributed by atoms with van der Waals surface area (Å²) >= 11 is 0. The number of phenols is 1. The molecule has 0 atom stereocenters. The quantitative estimate of drug-likeness (QED) is 0.826. The highest BCUT2D eigenvalue weighted by atomic mass is 16.3. The zero-order valence-corrected chi connectivity index (χ0v) is 12.6. The molecule has 1 aliphatic heterocycles. The van der Waals surface area contributed by atoms with E-state index in [1.54, 1.807) is 12.1 Å². The summed E-state index contributed by atoms with van der Waals surface area (Å²) in [5, 5.41) is 13.2. The number of hydrogen-bond donors (Lipinski definition) is 2. The summed E-state index contributed by atoms with van der Waals surface area (Å²) < 4.78 is 0. The lowest BCUT2D eigenvalue weighted by Gasteiger charge is -2.26. The molecular formula is C16H24N2O2. The zero-order valence-electron chi connectivity index (χ0n) is 12.6.